The Kier molecular flexibility index (Phi) is 12.3. The minimum absolute atomic E-state index is 0.0978. The van der Waals surface area contributed by atoms with Gasteiger partial charge in [-0.25, -0.2) is 22.9 Å². The second-order valence-corrected chi connectivity index (χ2v) is 18.5. The second-order valence-electron chi connectivity index (χ2n) is 15.6. The molecule has 1 saturated carbocycles. The normalized spacial score (nSPS) is 18.1. The van der Waals surface area contributed by atoms with Gasteiger partial charge in [-0.2, -0.15) is 0 Å². The first-order valence-corrected chi connectivity index (χ1v) is 20.4. The van der Waals surface area contributed by atoms with Gasteiger partial charge in [-0.3, -0.25) is 19.2 Å². The van der Waals surface area contributed by atoms with Gasteiger partial charge < -0.3 is 29.7 Å². The maximum absolute atomic E-state index is 14.5. The highest BCUT2D eigenvalue weighted by Gasteiger charge is 2.47. The molecule has 0 spiro atoms. The average Bonchev–Trinajstić information content (AvgIpc) is 3.68. The van der Waals surface area contributed by atoms with E-state index in [1.165, 1.54) is 35.6 Å². The van der Waals surface area contributed by atoms with Gasteiger partial charge in [0.2, 0.25) is 33.5 Å². The first-order chi connectivity index (χ1) is 26.2. The molecular formula is C39H47N5O10S2. The first-order valence-electron chi connectivity index (χ1n) is 17.9. The number of ketones is 1. The van der Waals surface area contributed by atoms with Crippen molar-refractivity contribution in [3.8, 4) is 11.6 Å². The minimum Gasteiger partial charge on any atom is -0.496 e. The van der Waals surface area contributed by atoms with E-state index in [4.69, 9.17) is 14.2 Å². The van der Waals surface area contributed by atoms with E-state index in [1.54, 1.807) is 77.3 Å². The zero-order valence-corrected chi connectivity index (χ0v) is 34.0. The summed E-state index contributed by atoms with van der Waals surface area (Å²) in [5.41, 5.74) is -1.83. The quantitative estimate of drug-likeness (QED) is 0.124. The third-order valence-electron chi connectivity index (χ3n) is 8.95. The number of thiophene rings is 1. The number of carbonyl (C=O) groups excluding carboxylic acids is 5. The molecule has 1 aromatic carbocycles. The number of methoxy groups -OCH3 is 1. The van der Waals surface area contributed by atoms with Gasteiger partial charge in [-0.15, -0.1) is 11.3 Å². The van der Waals surface area contributed by atoms with Crippen molar-refractivity contribution in [2.75, 3.05) is 13.7 Å². The smallest absolute Gasteiger partial charge is 0.408 e. The molecule has 1 aliphatic heterocycles. The summed E-state index contributed by atoms with van der Waals surface area (Å²) in [4.78, 5) is 74.6. The van der Waals surface area contributed by atoms with Gasteiger partial charge in [-0.1, -0.05) is 39.5 Å². The standard InChI is InChI=1S/C39H47N5O10S2/c1-9-11-26(33(46)43-56(50,51)23-13-14-23)41-34(47)27-20-22(21-44(27)36(48)32(38(2,3)4)42-37(49)54-39(5,6)7)53-35-25-15-16-28(52-8)30(24(25)17-18-40-35)31(45)29-12-10-19-55-29/h9-12,15-19,22-23,27,32H,1,13-14,20-21H2,2-8H3,(H,41,47)(H,42,49)(H,43,46)/b26-11+/t22-,27+,32-/m1/s1. The lowest BCUT2D eigenvalue weighted by Gasteiger charge is -2.35. The number of fused-ring (bicyclic) bond motifs is 1. The molecule has 1 saturated heterocycles. The van der Waals surface area contributed by atoms with E-state index in [-0.39, 0.29) is 24.6 Å². The van der Waals surface area contributed by atoms with E-state index in [0.29, 0.717) is 39.8 Å². The monoisotopic (exact) mass is 809 g/mol. The van der Waals surface area contributed by atoms with Crippen molar-refractivity contribution in [3.05, 3.63) is 76.8 Å². The molecule has 2 aliphatic rings. The predicted molar refractivity (Wildman–Crippen MR) is 210 cm³/mol. The van der Waals surface area contributed by atoms with E-state index < -0.39 is 74.0 Å². The third-order valence-corrected chi connectivity index (χ3v) is 11.6. The fourth-order valence-electron chi connectivity index (χ4n) is 6.16. The predicted octanol–water partition coefficient (Wildman–Crippen LogP) is 4.62. The van der Waals surface area contributed by atoms with E-state index in [0.717, 1.165) is 6.08 Å². The number of rotatable bonds is 13. The fourth-order valence-corrected chi connectivity index (χ4v) is 8.13. The number of hydrogen-bond donors (Lipinski definition) is 3. The second kappa shape index (κ2) is 16.4. The molecule has 15 nitrogen and oxygen atoms in total. The molecule has 4 amide bonds. The highest BCUT2D eigenvalue weighted by atomic mass is 32.2. The van der Waals surface area contributed by atoms with E-state index in [2.05, 4.69) is 22.2 Å². The highest BCUT2D eigenvalue weighted by Crippen LogP contribution is 2.36. The van der Waals surface area contributed by atoms with Crippen LogP contribution in [0.1, 0.15) is 76.0 Å². The van der Waals surface area contributed by atoms with Crippen molar-refractivity contribution in [2.45, 2.75) is 89.8 Å². The van der Waals surface area contributed by atoms with Gasteiger partial charge in [-0.05, 0) is 74.7 Å². The number of carbonyl (C=O) groups is 5. The molecule has 5 rings (SSSR count). The summed E-state index contributed by atoms with van der Waals surface area (Å²) in [6, 6.07) is 6.04. The molecule has 3 atom stereocenters. The Balaban J connectivity index is 1.49. The number of pyridine rings is 1. The van der Waals surface area contributed by atoms with Gasteiger partial charge in [0.25, 0.3) is 5.91 Å². The number of nitrogens with one attached hydrogen (secondary N) is 3. The van der Waals surface area contributed by atoms with Crippen LogP contribution in [-0.2, 0) is 29.1 Å². The molecule has 0 bridgehead atoms. The number of likely N-dealkylation sites (tertiary alicyclic amines) is 1. The molecule has 0 unspecified atom stereocenters. The van der Waals surface area contributed by atoms with Gasteiger partial charge >= 0.3 is 6.09 Å². The summed E-state index contributed by atoms with van der Waals surface area (Å²) in [6.07, 6.45) is 2.86. The van der Waals surface area contributed by atoms with Crippen LogP contribution in [0.3, 0.4) is 0 Å². The molecular weight excluding hydrogens is 763 g/mol. The zero-order valence-electron chi connectivity index (χ0n) is 32.3. The number of amides is 4. The average molecular weight is 810 g/mol. The summed E-state index contributed by atoms with van der Waals surface area (Å²) in [5.74, 6) is -2.30. The molecule has 2 aromatic heterocycles. The van der Waals surface area contributed by atoms with Gasteiger partial charge in [0, 0.05) is 23.4 Å². The summed E-state index contributed by atoms with van der Waals surface area (Å²) in [6.45, 7) is 13.7. The van der Waals surface area contributed by atoms with Crippen molar-refractivity contribution in [1.82, 2.24) is 25.2 Å². The van der Waals surface area contributed by atoms with Crippen molar-refractivity contribution in [3.63, 3.8) is 0 Å². The summed E-state index contributed by atoms with van der Waals surface area (Å²) < 4.78 is 44.5. The lowest BCUT2D eigenvalue weighted by atomic mass is 9.85. The molecule has 3 N–H and O–H groups in total. The van der Waals surface area contributed by atoms with E-state index >= 15 is 0 Å². The molecule has 3 aromatic rings. The molecule has 3 heterocycles. The minimum atomic E-state index is -3.97. The summed E-state index contributed by atoms with van der Waals surface area (Å²) >= 11 is 1.29. The van der Waals surface area contributed by atoms with Crippen molar-refractivity contribution >= 4 is 61.7 Å². The number of alkyl carbamates (subject to hydrolysis) is 1. The van der Waals surface area contributed by atoms with Crippen LogP contribution in [0.15, 0.2) is 66.3 Å². The van der Waals surface area contributed by atoms with Crippen LogP contribution in [-0.4, -0.2) is 90.6 Å². The SMILES string of the molecule is C=C/C=C(/NC(=O)[C@@H]1C[C@@H](Oc2nccc3c(C(=O)c4cccs4)c(OC)ccc23)CN1C(=O)[C@@H](NC(=O)OC(C)(C)C)C(C)(C)C)C(=O)NS(=O)(=O)C1CC1. The number of allylic oxidation sites excluding steroid dienone is 2. The Labute approximate surface area is 329 Å². The van der Waals surface area contributed by atoms with Crippen LogP contribution in [0.2, 0.25) is 0 Å². The number of sulfonamides is 1. The molecule has 1 aliphatic carbocycles. The molecule has 56 heavy (non-hydrogen) atoms. The fraction of sp³-hybridized carbons (Fsp3) is 0.436. The third kappa shape index (κ3) is 9.74. The van der Waals surface area contributed by atoms with Crippen LogP contribution in [0, 0.1) is 5.41 Å². The topological polar surface area (TPSA) is 199 Å². The van der Waals surface area contributed by atoms with Gasteiger partial charge in [0.15, 0.2) is 0 Å². The van der Waals surface area contributed by atoms with Crippen LogP contribution in [0.5, 0.6) is 11.6 Å². The molecule has 0 radical (unpaired) electrons. The molecule has 17 heteroatoms. The van der Waals surface area contributed by atoms with Crippen molar-refractivity contribution in [2.24, 2.45) is 5.41 Å². The van der Waals surface area contributed by atoms with E-state index in [1.807, 2.05) is 4.72 Å². The Morgan fingerprint density at radius 3 is 2.34 bits per heavy atom. The Bertz CT molecular complexity index is 2170. The highest BCUT2D eigenvalue weighted by molar-refractivity contribution is 7.91. The van der Waals surface area contributed by atoms with Crippen molar-refractivity contribution in [1.29, 1.82) is 0 Å². The van der Waals surface area contributed by atoms with Crippen LogP contribution in [0.25, 0.3) is 10.8 Å². The largest absolute Gasteiger partial charge is 0.496 e. The number of nitrogens with zero attached hydrogens (tertiary/aromatic N) is 2. The molecule has 300 valence electrons. The Morgan fingerprint density at radius 2 is 1.75 bits per heavy atom. The van der Waals surface area contributed by atoms with E-state index in [9.17, 15) is 32.4 Å². The number of ether oxygens (including phenoxy) is 3. The Morgan fingerprint density at radius 1 is 1.04 bits per heavy atom. The first kappa shape index (κ1) is 41.9. The number of benzene rings is 1. The number of aromatic nitrogens is 1. The lowest BCUT2D eigenvalue weighted by Crippen LogP contribution is -2.58. The summed E-state index contributed by atoms with van der Waals surface area (Å²) in [5, 5.41) is 7.23. The number of hydrogen-bond acceptors (Lipinski definition) is 12. The Hall–Kier alpha value is -5.29. The molecule has 2 fully saturated rings. The lowest BCUT2D eigenvalue weighted by molar-refractivity contribution is -0.142. The van der Waals surface area contributed by atoms with Gasteiger partial charge in [0.05, 0.1) is 29.3 Å². The zero-order chi connectivity index (χ0) is 41.2. The maximum atomic E-state index is 14.5. The van der Waals surface area contributed by atoms with Crippen LogP contribution < -0.4 is 24.8 Å². The van der Waals surface area contributed by atoms with Crippen LogP contribution in [0.4, 0.5) is 4.79 Å². The van der Waals surface area contributed by atoms with Crippen molar-refractivity contribution < 1.29 is 46.6 Å². The maximum Gasteiger partial charge on any atom is 0.408 e. The van der Waals surface area contributed by atoms with Gasteiger partial charge in [0.1, 0.15) is 35.2 Å². The van der Waals surface area contributed by atoms with Crippen LogP contribution >= 0.6 is 11.3 Å². The summed E-state index contributed by atoms with van der Waals surface area (Å²) in [7, 11) is -2.50.